The molecule has 0 radical (unpaired) electrons. The number of rotatable bonds is 3. The zero-order valence-electron chi connectivity index (χ0n) is 9.47. The first kappa shape index (κ1) is 16.8. The maximum Gasteiger partial charge on any atom is 1.00 e. The Morgan fingerprint density at radius 2 is 1.94 bits per heavy atom. The first-order valence-corrected chi connectivity index (χ1v) is 6.25. The van der Waals surface area contributed by atoms with E-state index in [2.05, 4.69) is 5.32 Å². The van der Waals surface area contributed by atoms with E-state index in [1.165, 1.54) is 24.3 Å². The average Bonchev–Trinajstić information content (AvgIpc) is 2.17. The van der Waals surface area contributed by atoms with Crippen molar-refractivity contribution in [3.8, 4) is 0 Å². The number of hydrogen-bond donors (Lipinski definition) is 1. The van der Waals surface area contributed by atoms with Crippen molar-refractivity contribution in [2.24, 2.45) is 0 Å². The third kappa shape index (κ3) is 5.80. The molecule has 17 heavy (non-hydrogen) atoms. The zero-order chi connectivity index (χ0) is 12.2. The topological polar surface area (TPSA) is 78.5 Å². The van der Waals surface area contributed by atoms with Crippen LogP contribution < -0.4 is 34.9 Å². The second-order valence-corrected chi connectivity index (χ2v) is 4.57. The van der Waals surface area contributed by atoms with Crippen LogP contribution in [0.1, 0.15) is 6.92 Å². The minimum absolute atomic E-state index is 0. The molecule has 0 atom stereocenters. The standard InChI is InChI=1S/C9H11NO4S2.Na/c1-2-14-9(15)10-7-3-5-8(6-4-7)16(11,12)13;/h3-6H,2H2,1H3,(H,10,15)(H,11,12,13);/q;+1/p-1. The summed E-state index contributed by atoms with van der Waals surface area (Å²) in [5, 5.41) is 2.93. The molecule has 0 aromatic heterocycles. The molecular weight excluding hydrogens is 273 g/mol. The van der Waals surface area contributed by atoms with Crippen LogP contribution in [-0.4, -0.2) is 24.8 Å². The van der Waals surface area contributed by atoms with E-state index in [9.17, 15) is 13.0 Å². The third-order valence-corrected chi connectivity index (χ3v) is 2.73. The SMILES string of the molecule is CCOC(=S)Nc1ccc(S(=O)(=O)[O-])cc1.[Na+]. The molecule has 0 spiro atoms. The molecule has 1 N–H and O–H groups in total. The fourth-order valence-electron chi connectivity index (χ4n) is 0.990. The molecule has 0 bridgehead atoms. The first-order chi connectivity index (χ1) is 7.43. The van der Waals surface area contributed by atoms with Crippen molar-refractivity contribution in [1.82, 2.24) is 0 Å². The fraction of sp³-hybridized carbons (Fsp3) is 0.222. The largest absolute Gasteiger partial charge is 1.00 e. The Bertz CT molecular complexity index is 472. The summed E-state index contributed by atoms with van der Waals surface area (Å²) < 4.78 is 36.9. The number of nitrogens with one attached hydrogen (secondary N) is 1. The second kappa shape index (κ2) is 7.30. The Morgan fingerprint density at radius 1 is 1.41 bits per heavy atom. The molecule has 0 fully saturated rings. The molecule has 0 heterocycles. The smallest absolute Gasteiger partial charge is 0.744 e. The van der Waals surface area contributed by atoms with Crippen molar-refractivity contribution < 1.29 is 47.3 Å². The van der Waals surface area contributed by atoms with Gasteiger partial charge in [-0.3, -0.25) is 0 Å². The van der Waals surface area contributed by atoms with Gasteiger partial charge in [-0.1, -0.05) is 0 Å². The van der Waals surface area contributed by atoms with Gasteiger partial charge in [-0.2, -0.15) is 0 Å². The van der Waals surface area contributed by atoms with E-state index in [4.69, 9.17) is 17.0 Å². The van der Waals surface area contributed by atoms with Crippen molar-refractivity contribution >= 4 is 33.2 Å². The Morgan fingerprint density at radius 3 is 2.35 bits per heavy atom. The molecule has 0 unspecified atom stereocenters. The summed E-state index contributed by atoms with van der Waals surface area (Å²) in [5.74, 6) is 0. The van der Waals surface area contributed by atoms with Crippen LogP contribution >= 0.6 is 12.2 Å². The predicted octanol–water partition coefficient (Wildman–Crippen LogP) is -1.67. The van der Waals surface area contributed by atoms with Crippen molar-refractivity contribution in [2.75, 3.05) is 11.9 Å². The van der Waals surface area contributed by atoms with Crippen LogP contribution in [0.15, 0.2) is 29.2 Å². The number of anilines is 1. The first-order valence-electron chi connectivity index (χ1n) is 4.43. The number of ether oxygens (including phenoxy) is 1. The third-order valence-electron chi connectivity index (χ3n) is 1.66. The Balaban J connectivity index is 0.00000256. The molecule has 1 rings (SSSR count). The summed E-state index contributed by atoms with van der Waals surface area (Å²) in [7, 11) is -4.40. The molecule has 1 aromatic carbocycles. The van der Waals surface area contributed by atoms with Crippen LogP contribution in [0.3, 0.4) is 0 Å². The fourth-order valence-corrected chi connectivity index (χ4v) is 1.70. The van der Waals surface area contributed by atoms with Crippen LogP contribution in [0.5, 0.6) is 0 Å². The Hall–Kier alpha value is -0.180. The molecule has 0 aliphatic heterocycles. The van der Waals surface area contributed by atoms with Crippen molar-refractivity contribution in [2.45, 2.75) is 11.8 Å². The Kier molecular flexibility index (Phi) is 7.22. The van der Waals surface area contributed by atoms with Gasteiger partial charge in [0.25, 0.3) is 5.17 Å². The number of hydrogen-bond acceptors (Lipinski definition) is 5. The Labute approximate surface area is 128 Å². The molecule has 5 nitrogen and oxygen atoms in total. The second-order valence-electron chi connectivity index (χ2n) is 2.82. The molecule has 0 aliphatic rings. The molecular formula is C9H10NNaO4S2. The monoisotopic (exact) mass is 283 g/mol. The quantitative estimate of drug-likeness (QED) is 0.406. The maximum atomic E-state index is 10.6. The summed E-state index contributed by atoms with van der Waals surface area (Å²) >= 11 is 4.83. The molecule has 0 amide bonds. The van der Waals surface area contributed by atoms with Gasteiger partial charge in [-0.15, -0.1) is 0 Å². The van der Waals surface area contributed by atoms with Gasteiger partial charge in [0.05, 0.1) is 11.5 Å². The van der Waals surface area contributed by atoms with Crippen LogP contribution in [-0.2, 0) is 14.9 Å². The van der Waals surface area contributed by atoms with E-state index in [0.717, 1.165) is 0 Å². The van der Waals surface area contributed by atoms with E-state index in [-0.39, 0.29) is 39.6 Å². The molecule has 0 aliphatic carbocycles. The van der Waals surface area contributed by atoms with Gasteiger partial charge < -0.3 is 14.6 Å². The minimum atomic E-state index is -4.40. The average molecular weight is 283 g/mol. The molecule has 8 heteroatoms. The number of thiocarbonyl (C=S) groups is 1. The van der Waals surface area contributed by atoms with Crippen LogP contribution in [0.25, 0.3) is 0 Å². The molecule has 1 aromatic rings. The van der Waals surface area contributed by atoms with Gasteiger partial charge in [0.15, 0.2) is 0 Å². The molecule has 0 saturated heterocycles. The summed E-state index contributed by atoms with van der Waals surface area (Å²) in [6.45, 7) is 2.24. The summed E-state index contributed by atoms with van der Waals surface area (Å²) in [6, 6.07) is 5.30. The maximum absolute atomic E-state index is 10.6. The normalized spacial score (nSPS) is 10.2. The summed E-state index contributed by atoms with van der Waals surface area (Å²) in [5.41, 5.74) is 0.561. The van der Waals surface area contributed by atoms with E-state index < -0.39 is 10.1 Å². The van der Waals surface area contributed by atoms with E-state index in [0.29, 0.717) is 12.3 Å². The number of benzene rings is 1. The van der Waals surface area contributed by atoms with Gasteiger partial charge >= 0.3 is 29.6 Å². The summed E-state index contributed by atoms with van der Waals surface area (Å²) in [4.78, 5) is -0.277. The van der Waals surface area contributed by atoms with Gasteiger partial charge in [0, 0.05) is 5.69 Å². The van der Waals surface area contributed by atoms with E-state index in [1.54, 1.807) is 6.92 Å². The van der Waals surface area contributed by atoms with Gasteiger partial charge in [-0.05, 0) is 43.4 Å². The zero-order valence-corrected chi connectivity index (χ0v) is 13.1. The predicted molar refractivity (Wildman–Crippen MR) is 62.3 cm³/mol. The van der Waals surface area contributed by atoms with Crippen LogP contribution in [0, 0.1) is 0 Å². The van der Waals surface area contributed by atoms with Gasteiger partial charge in [0.2, 0.25) is 0 Å². The van der Waals surface area contributed by atoms with Gasteiger partial charge in [-0.25, -0.2) is 8.42 Å². The van der Waals surface area contributed by atoms with Crippen molar-refractivity contribution in [1.29, 1.82) is 0 Å². The minimum Gasteiger partial charge on any atom is -0.744 e. The van der Waals surface area contributed by atoms with Crippen molar-refractivity contribution in [3.63, 3.8) is 0 Å². The van der Waals surface area contributed by atoms with E-state index in [1.807, 2.05) is 0 Å². The van der Waals surface area contributed by atoms with E-state index >= 15 is 0 Å². The van der Waals surface area contributed by atoms with Crippen molar-refractivity contribution in [3.05, 3.63) is 24.3 Å². The van der Waals surface area contributed by atoms with Gasteiger partial charge in [0.1, 0.15) is 10.1 Å². The van der Waals surface area contributed by atoms with Crippen LogP contribution in [0.4, 0.5) is 5.69 Å². The van der Waals surface area contributed by atoms with Crippen LogP contribution in [0.2, 0.25) is 0 Å². The molecule has 0 saturated carbocycles. The molecule has 88 valence electrons. The summed E-state index contributed by atoms with van der Waals surface area (Å²) in [6.07, 6.45) is 0.